The number of aryl methyl sites for hydroxylation is 3. The van der Waals surface area contributed by atoms with E-state index in [1.807, 2.05) is 24.3 Å². The van der Waals surface area contributed by atoms with Crippen LogP contribution in [0.3, 0.4) is 0 Å². The Morgan fingerprint density at radius 3 is 2.33 bits per heavy atom. The van der Waals surface area contributed by atoms with Crippen LogP contribution in [0, 0.1) is 6.92 Å². The molecule has 2 aromatic carbocycles. The molecule has 3 aromatic rings. The number of halogens is 3. The number of rotatable bonds is 4. The molecule has 6 heteroatoms. The summed E-state index contributed by atoms with van der Waals surface area (Å²) in [6.45, 7) is 1.76. The molecule has 0 aliphatic carbocycles. The predicted molar refractivity (Wildman–Crippen MR) is 83.3 cm³/mol. The molecule has 1 aromatic heterocycles. The Balaban J connectivity index is 1.75. The van der Waals surface area contributed by atoms with Crippen LogP contribution in [-0.2, 0) is 19.0 Å². The molecule has 124 valence electrons. The maximum Gasteiger partial charge on any atom is 0.416 e. The number of aromatic nitrogens is 2. The molecule has 0 saturated heterocycles. The fourth-order valence-corrected chi connectivity index (χ4v) is 2.45. The van der Waals surface area contributed by atoms with Gasteiger partial charge in [-0.25, -0.2) is 0 Å². The van der Waals surface area contributed by atoms with E-state index in [-0.39, 0.29) is 0 Å². The van der Waals surface area contributed by atoms with E-state index in [1.54, 1.807) is 6.92 Å². The molecule has 0 amide bonds. The molecule has 0 unspecified atom stereocenters. The van der Waals surface area contributed by atoms with Crippen LogP contribution in [0.5, 0.6) is 0 Å². The summed E-state index contributed by atoms with van der Waals surface area (Å²) >= 11 is 0. The molecule has 1 heterocycles. The summed E-state index contributed by atoms with van der Waals surface area (Å²) in [5, 5.41) is 3.74. The lowest BCUT2D eigenvalue weighted by atomic mass is 10.00. The van der Waals surface area contributed by atoms with Crippen molar-refractivity contribution in [3.63, 3.8) is 0 Å². The second-order valence-corrected chi connectivity index (χ2v) is 5.51. The van der Waals surface area contributed by atoms with Crippen molar-refractivity contribution in [1.82, 2.24) is 10.1 Å². The smallest absolute Gasteiger partial charge is 0.339 e. The summed E-state index contributed by atoms with van der Waals surface area (Å²) in [6.07, 6.45) is -2.98. The first-order valence-electron chi connectivity index (χ1n) is 7.47. The lowest BCUT2D eigenvalue weighted by Gasteiger charge is -2.08. The summed E-state index contributed by atoms with van der Waals surface area (Å²) in [7, 11) is 0. The van der Waals surface area contributed by atoms with E-state index in [0.717, 1.165) is 35.2 Å². The second-order valence-electron chi connectivity index (χ2n) is 5.51. The standard InChI is InChI=1S/C18H15F3N2O/c1-12-22-17(24-23-12)10-5-13-3-2-4-15(11-13)14-6-8-16(9-7-14)18(19,20)21/h2-4,6-9,11H,5,10H2,1H3. The zero-order valence-electron chi connectivity index (χ0n) is 13.0. The molecule has 0 aliphatic rings. The van der Waals surface area contributed by atoms with Crippen molar-refractivity contribution in [2.45, 2.75) is 25.9 Å². The summed E-state index contributed by atoms with van der Waals surface area (Å²) in [5.41, 5.74) is 2.04. The monoisotopic (exact) mass is 332 g/mol. The van der Waals surface area contributed by atoms with Crippen LogP contribution >= 0.6 is 0 Å². The normalized spacial score (nSPS) is 11.7. The van der Waals surface area contributed by atoms with Crippen molar-refractivity contribution in [2.24, 2.45) is 0 Å². The summed E-state index contributed by atoms with van der Waals surface area (Å²) in [5.74, 6) is 1.18. The van der Waals surface area contributed by atoms with Gasteiger partial charge in [0.05, 0.1) is 5.56 Å². The van der Waals surface area contributed by atoms with Crippen LogP contribution in [0.1, 0.15) is 22.8 Å². The van der Waals surface area contributed by atoms with Gasteiger partial charge in [-0.1, -0.05) is 41.6 Å². The Kier molecular flexibility index (Phi) is 4.38. The largest absolute Gasteiger partial charge is 0.416 e. The zero-order valence-corrected chi connectivity index (χ0v) is 13.0. The zero-order chi connectivity index (χ0) is 17.2. The van der Waals surface area contributed by atoms with Crippen molar-refractivity contribution in [2.75, 3.05) is 0 Å². The van der Waals surface area contributed by atoms with Gasteiger partial charge in [0.2, 0.25) is 5.89 Å². The highest BCUT2D eigenvalue weighted by Gasteiger charge is 2.29. The number of alkyl halides is 3. The molecule has 0 bridgehead atoms. The van der Waals surface area contributed by atoms with Crippen molar-refractivity contribution in [1.29, 1.82) is 0 Å². The molecular weight excluding hydrogens is 317 g/mol. The van der Waals surface area contributed by atoms with Gasteiger partial charge in [-0.3, -0.25) is 0 Å². The van der Waals surface area contributed by atoms with Gasteiger partial charge < -0.3 is 4.52 Å². The van der Waals surface area contributed by atoms with E-state index in [4.69, 9.17) is 4.52 Å². The van der Waals surface area contributed by atoms with Gasteiger partial charge in [0, 0.05) is 6.42 Å². The molecule has 0 N–H and O–H groups in total. The predicted octanol–water partition coefficient (Wildman–Crippen LogP) is 4.85. The van der Waals surface area contributed by atoms with E-state index in [9.17, 15) is 13.2 Å². The number of hydrogen-bond donors (Lipinski definition) is 0. The third-order valence-electron chi connectivity index (χ3n) is 3.67. The summed E-state index contributed by atoms with van der Waals surface area (Å²) in [4.78, 5) is 4.15. The topological polar surface area (TPSA) is 38.9 Å². The number of nitrogens with zero attached hydrogens (tertiary/aromatic N) is 2. The van der Waals surface area contributed by atoms with Crippen molar-refractivity contribution in [3.8, 4) is 11.1 Å². The third kappa shape index (κ3) is 3.82. The molecular formula is C18H15F3N2O. The average molecular weight is 332 g/mol. The van der Waals surface area contributed by atoms with Crippen molar-refractivity contribution in [3.05, 3.63) is 71.4 Å². The van der Waals surface area contributed by atoms with Crippen LogP contribution in [0.15, 0.2) is 53.1 Å². The first-order valence-corrected chi connectivity index (χ1v) is 7.47. The van der Waals surface area contributed by atoms with Gasteiger partial charge in [-0.15, -0.1) is 0 Å². The highest BCUT2D eigenvalue weighted by atomic mass is 19.4. The minimum Gasteiger partial charge on any atom is -0.339 e. The lowest BCUT2D eigenvalue weighted by Crippen LogP contribution is -2.04. The van der Waals surface area contributed by atoms with E-state index in [0.29, 0.717) is 18.1 Å². The fourth-order valence-electron chi connectivity index (χ4n) is 2.45. The Hall–Kier alpha value is -2.63. The maximum atomic E-state index is 12.6. The van der Waals surface area contributed by atoms with Crippen LogP contribution < -0.4 is 0 Å². The fraction of sp³-hybridized carbons (Fsp3) is 0.222. The quantitative estimate of drug-likeness (QED) is 0.685. The minimum absolute atomic E-state index is 0.576. The Labute approximate surface area is 137 Å². The lowest BCUT2D eigenvalue weighted by molar-refractivity contribution is -0.137. The summed E-state index contributed by atoms with van der Waals surface area (Å²) in [6, 6.07) is 12.9. The number of hydrogen-bond acceptors (Lipinski definition) is 3. The van der Waals surface area contributed by atoms with Crippen LogP contribution in [0.4, 0.5) is 13.2 Å². The van der Waals surface area contributed by atoms with Gasteiger partial charge in [-0.05, 0) is 42.2 Å². The van der Waals surface area contributed by atoms with Crippen LogP contribution in [0.2, 0.25) is 0 Å². The van der Waals surface area contributed by atoms with E-state index in [2.05, 4.69) is 10.1 Å². The van der Waals surface area contributed by atoms with Crippen LogP contribution in [0.25, 0.3) is 11.1 Å². The Morgan fingerprint density at radius 2 is 1.71 bits per heavy atom. The minimum atomic E-state index is -4.32. The maximum absolute atomic E-state index is 12.6. The number of benzene rings is 2. The summed E-state index contributed by atoms with van der Waals surface area (Å²) < 4.78 is 43.0. The molecule has 0 saturated carbocycles. The molecule has 3 nitrogen and oxygen atoms in total. The van der Waals surface area contributed by atoms with Gasteiger partial charge >= 0.3 is 6.18 Å². The Morgan fingerprint density at radius 1 is 0.958 bits per heavy atom. The highest BCUT2D eigenvalue weighted by molar-refractivity contribution is 5.64. The first-order chi connectivity index (χ1) is 11.4. The van der Waals surface area contributed by atoms with Gasteiger partial charge in [0.15, 0.2) is 5.82 Å². The molecule has 3 rings (SSSR count). The van der Waals surface area contributed by atoms with Gasteiger partial charge in [0.25, 0.3) is 0 Å². The average Bonchev–Trinajstić information content (AvgIpc) is 2.98. The first kappa shape index (κ1) is 16.2. The van der Waals surface area contributed by atoms with E-state index < -0.39 is 11.7 Å². The van der Waals surface area contributed by atoms with Crippen molar-refractivity contribution >= 4 is 0 Å². The molecule has 0 fully saturated rings. The molecule has 0 spiro atoms. The third-order valence-corrected chi connectivity index (χ3v) is 3.67. The highest BCUT2D eigenvalue weighted by Crippen LogP contribution is 2.31. The second kappa shape index (κ2) is 6.47. The molecule has 0 atom stereocenters. The van der Waals surface area contributed by atoms with E-state index >= 15 is 0 Å². The molecule has 0 aliphatic heterocycles. The van der Waals surface area contributed by atoms with Crippen LogP contribution in [-0.4, -0.2) is 10.1 Å². The Bertz CT molecular complexity index is 823. The molecule has 0 radical (unpaired) electrons. The van der Waals surface area contributed by atoms with Crippen molar-refractivity contribution < 1.29 is 17.7 Å². The van der Waals surface area contributed by atoms with Gasteiger partial charge in [-0.2, -0.15) is 18.2 Å². The molecule has 24 heavy (non-hydrogen) atoms. The SMILES string of the molecule is Cc1noc(CCc2cccc(-c3ccc(C(F)(F)F)cc3)c2)n1. The van der Waals surface area contributed by atoms with E-state index in [1.165, 1.54) is 12.1 Å². The van der Waals surface area contributed by atoms with Gasteiger partial charge in [0.1, 0.15) is 0 Å².